The third-order valence-corrected chi connectivity index (χ3v) is 2.40. The van der Waals surface area contributed by atoms with Crippen LogP contribution in [0, 0.1) is 13.8 Å². The van der Waals surface area contributed by atoms with Crippen LogP contribution in [0.1, 0.15) is 23.6 Å². The van der Waals surface area contributed by atoms with E-state index in [1.165, 1.54) is 11.6 Å². The molecule has 0 radical (unpaired) electrons. The maximum absolute atomic E-state index is 11.2. The van der Waals surface area contributed by atoms with E-state index < -0.39 is 5.97 Å². The highest BCUT2D eigenvalue weighted by Crippen LogP contribution is 2.14. The Balaban J connectivity index is 2.91. The summed E-state index contributed by atoms with van der Waals surface area (Å²) in [5.41, 5.74) is 9.43. The van der Waals surface area contributed by atoms with Crippen LogP contribution in [0.25, 0.3) is 5.70 Å². The van der Waals surface area contributed by atoms with Gasteiger partial charge in [0.1, 0.15) is 0 Å². The molecule has 0 atom stereocenters. The molecule has 0 aliphatic carbocycles. The van der Waals surface area contributed by atoms with Gasteiger partial charge in [0.05, 0.1) is 6.61 Å². The number of ether oxygens (including phenoxy) is 1. The van der Waals surface area contributed by atoms with E-state index in [0.717, 1.165) is 11.1 Å². The molecule has 0 amide bonds. The van der Waals surface area contributed by atoms with Gasteiger partial charge in [-0.25, -0.2) is 4.79 Å². The highest BCUT2D eigenvalue weighted by atomic mass is 16.5. The second kappa shape index (κ2) is 5.35. The Morgan fingerprint density at radius 2 is 2.06 bits per heavy atom. The summed E-state index contributed by atoms with van der Waals surface area (Å²) in [5.74, 6) is -0.404. The van der Waals surface area contributed by atoms with Gasteiger partial charge in [0.2, 0.25) is 0 Å². The van der Waals surface area contributed by atoms with Crippen LogP contribution in [0.2, 0.25) is 0 Å². The fourth-order valence-electron chi connectivity index (χ4n) is 1.32. The predicted octanol–water partition coefficient (Wildman–Crippen LogP) is 2.17. The molecule has 0 saturated carbocycles. The molecule has 1 aromatic carbocycles. The Morgan fingerprint density at radius 3 is 2.62 bits per heavy atom. The Morgan fingerprint density at radius 1 is 1.38 bits per heavy atom. The molecule has 0 aliphatic heterocycles. The molecule has 86 valence electrons. The molecule has 1 rings (SSSR count). The number of nitrogens with two attached hydrogens (primary N) is 1. The second-order valence-electron chi connectivity index (χ2n) is 3.65. The monoisotopic (exact) mass is 219 g/mol. The Hall–Kier alpha value is -1.77. The van der Waals surface area contributed by atoms with Gasteiger partial charge in [0.25, 0.3) is 0 Å². The topological polar surface area (TPSA) is 52.3 Å². The molecular formula is C13H17NO2. The van der Waals surface area contributed by atoms with E-state index in [4.69, 9.17) is 10.5 Å². The molecule has 0 bridgehead atoms. The van der Waals surface area contributed by atoms with Crippen LogP contribution >= 0.6 is 0 Å². The minimum Gasteiger partial charge on any atom is -0.463 e. The van der Waals surface area contributed by atoms with Crippen molar-refractivity contribution in [2.75, 3.05) is 6.61 Å². The number of benzene rings is 1. The summed E-state index contributed by atoms with van der Waals surface area (Å²) >= 11 is 0. The van der Waals surface area contributed by atoms with Crippen molar-refractivity contribution in [3.63, 3.8) is 0 Å². The highest BCUT2D eigenvalue weighted by molar-refractivity contribution is 5.90. The fraction of sp³-hybridized carbons (Fsp3) is 0.308. The number of carbonyl (C=O) groups is 1. The summed E-state index contributed by atoms with van der Waals surface area (Å²) in [6.07, 6.45) is 1.31. The summed E-state index contributed by atoms with van der Waals surface area (Å²) in [7, 11) is 0. The standard InChI is InChI=1S/C13H17NO2/c1-4-16-13(15)8-12(14)11-6-5-9(2)10(3)7-11/h5-8H,4,14H2,1-3H3/b12-8-. The second-order valence-corrected chi connectivity index (χ2v) is 3.65. The van der Waals surface area contributed by atoms with Crippen LogP contribution in [0.3, 0.4) is 0 Å². The average molecular weight is 219 g/mol. The van der Waals surface area contributed by atoms with Crippen molar-refractivity contribution in [2.24, 2.45) is 5.73 Å². The van der Waals surface area contributed by atoms with E-state index in [-0.39, 0.29) is 0 Å². The Bertz CT molecular complexity index is 422. The molecule has 1 aromatic rings. The predicted molar refractivity (Wildman–Crippen MR) is 64.7 cm³/mol. The van der Waals surface area contributed by atoms with Gasteiger partial charge >= 0.3 is 5.97 Å². The first-order valence-electron chi connectivity index (χ1n) is 5.26. The smallest absolute Gasteiger partial charge is 0.332 e. The van der Waals surface area contributed by atoms with Crippen molar-refractivity contribution in [3.05, 3.63) is 41.0 Å². The molecule has 0 fully saturated rings. The first kappa shape index (κ1) is 12.3. The molecule has 16 heavy (non-hydrogen) atoms. The maximum atomic E-state index is 11.2. The summed E-state index contributed by atoms with van der Waals surface area (Å²) in [6.45, 7) is 6.16. The van der Waals surface area contributed by atoms with Crippen LogP contribution in [0.5, 0.6) is 0 Å². The van der Waals surface area contributed by atoms with Crippen LogP contribution < -0.4 is 5.73 Å². The molecule has 3 heteroatoms. The van der Waals surface area contributed by atoms with E-state index in [1.54, 1.807) is 6.92 Å². The normalized spacial score (nSPS) is 11.3. The van der Waals surface area contributed by atoms with E-state index in [9.17, 15) is 4.79 Å². The number of rotatable bonds is 3. The number of aryl methyl sites for hydroxylation is 2. The molecule has 0 aromatic heterocycles. The van der Waals surface area contributed by atoms with Gasteiger partial charge in [0.15, 0.2) is 0 Å². The molecule has 3 nitrogen and oxygen atoms in total. The zero-order valence-electron chi connectivity index (χ0n) is 9.91. The van der Waals surface area contributed by atoms with Crippen molar-refractivity contribution in [1.29, 1.82) is 0 Å². The minimum absolute atomic E-state index is 0.357. The average Bonchev–Trinajstić information content (AvgIpc) is 2.22. The third-order valence-electron chi connectivity index (χ3n) is 2.40. The van der Waals surface area contributed by atoms with Crippen LogP contribution in [-0.4, -0.2) is 12.6 Å². The molecule has 0 aliphatic rings. The summed E-state index contributed by atoms with van der Waals surface area (Å²) in [6, 6.07) is 5.84. The van der Waals surface area contributed by atoms with Crippen LogP contribution in [0.4, 0.5) is 0 Å². The van der Waals surface area contributed by atoms with Crippen LogP contribution in [-0.2, 0) is 9.53 Å². The van der Waals surface area contributed by atoms with Crippen molar-refractivity contribution < 1.29 is 9.53 Å². The lowest BCUT2D eigenvalue weighted by atomic mass is 10.0. The van der Waals surface area contributed by atoms with Gasteiger partial charge in [-0.05, 0) is 43.5 Å². The van der Waals surface area contributed by atoms with Crippen molar-refractivity contribution in [1.82, 2.24) is 0 Å². The first-order valence-corrected chi connectivity index (χ1v) is 5.26. The number of esters is 1. The Kier molecular flexibility index (Phi) is 4.11. The fourth-order valence-corrected chi connectivity index (χ4v) is 1.32. The van der Waals surface area contributed by atoms with Gasteiger partial charge in [-0.15, -0.1) is 0 Å². The van der Waals surface area contributed by atoms with Crippen molar-refractivity contribution in [3.8, 4) is 0 Å². The van der Waals surface area contributed by atoms with E-state index >= 15 is 0 Å². The number of carbonyl (C=O) groups excluding carboxylic acids is 1. The lowest BCUT2D eigenvalue weighted by molar-refractivity contribution is -0.137. The number of hydrogen-bond acceptors (Lipinski definition) is 3. The lowest BCUT2D eigenvalue weighted by Crippen LogP contribution is -2.05. The Labute approximate surface area is 95.9 Å². The summed E-state index contributed by atoms with van der Waals surface area (Å²) < 4.78 is 4.79. The number of hydrogen-bond donors (Lipinski definition) is 1. The molecule has 0 unspecified atom stereocenters. The van der Waals surface area contributed by atoms with Gasteiger partial charge in [-0.3, -0.25) is 0 Å². The van der Waals surface area contributed by atoms with Gasteiger partial charge in [-0.1, -0.05) is 12.1 Å². The van der Waals surface area contributed by atoms with E-state index in [0.29, 0.717) is 12.3 Å². The lowest BCUT2D eigenvalue weighted by Gasteiger charge is -2.05. The third kappa shape index (κ3) is 3.12. The van der Waals surface area contributed by atoms with Crippen molar-refractivity contribution in [2.45, 2.75) is 20.8 Å². The minimum atomic E-state index is -0.404. The maximum Gasteiger partial charge on any atom is 0.332 e. The van der Waals surface area contributed by atoms with Gasteiger partial charge in [0, 0.05) is 11.8 Å². The van der Waals surface area contributed by atoms with Crippen LogP contribution in [0.15, 0.2) is 24.3 Å². The summed E-state index contributed by atoms with van der Waals surface area (Å²) in [4.78, 5) is 11.2. The SMILES string of the molecule is CCOC(=O)/C=C(\N)c1ccc(C)c(C)c1. The quantitative estimate of drug-likeness (QED) is 0.626. The molecule has 0 heterocycles. The molecule has 2 N–H and O–H groups in total. The molecular weight excluding hydrogens is 202 g/mol. The van der Waals surface area contributed by atoms with E-state index in [2.05, 4.69) is 0 Å². The van der Waals surface area contributed by atoms with Gasteiger partial charge < -0.3 is 10.5 Å². The zero-order valence-corrected chi connectivity index (χ0v) is 9.91. The molecule has 0 saturated heterocycles. The highest BCUT2D eigenvalue weighted by Gasteiger charge is 2.02. The summed E-state index contributed by atoms with van der Waals surface area (Å²) in [5, 5.41) is 0. The van der Waals surface area contributed by atoms with E-state index in [1.807, 2.05) is 32.0 Å². The van der Waals surface area contributed by atoms with Crippen molar-refractivity contribution >= 4 is 11.7 Å². The molecule has 0 spiro atoms. The van der Waals surface area contributed by atoms with Gasteiger partial charge in [-0.2, -0.15) is 0 Å². The first-order chi connectivity index (χ1) is 7.54. The zero-order chi connectivity index (χ0) is 12.1. The largest absolute Gasteiger partial charge is 0.463 e.